The van der Waals surface area contributed by atoms with Crippen LogP contribution < -0.4 is 10.2 Å². The molecule has 6 heteroatoms. The number of carbonyl (C=O) groups is 1. The van der Waals surface area contributed by atoms with E-state index >= 15 is 0 Å². The van der Waals surface area contributed by atoms with Crippen LogP contribution in [0.4, 0.5) is 11.5 Å². The minimum absolute atomic E-state index is 0.0638. The van der Waals surface area contributed by atoms with Gasteiger partial charge in [-0.15, -0.1) is 10.2 Å². The van der Waals surface area contributed by atoms with Crippen molar-refractivity contribution in [2.75, 3.05) is 23.3 Å². The van der Waals surface area contributed by atoms with Crippen LogP contribution in [0.2, 0.25) is 0 Å². The molecule has 1 saturated heterocycles. The minimum Gasteiger partial charge on any atom is -0.354 e. The Hall–Kier alpha value is -3.28. The minimum atomic E-state index is -0.0638. The van der Waals surface area contributed by atoms with Crippen LogP contribution in [0.5, 0.6) is 0 Å². The molecule has 1 fully saturated rings. The molecule has 0 saturated carbocycles. The summed E-state index contributed by atoms with van der Waals surface area (Å²) in [6.45, 7) is 5.62. The first-order valence-corrected chi connectivity index (χ1v) is 9.97. The van der Waals surface area contributed by atoms with Crippen LogP contribution in [-0.4, -0.2) is 34.2 Å². The Labute approximate surface area is 171 Å². The van der Waals surface area contributed by atoms with Gasteiger partial charge in [0.15, 0.2) is 5.82 Å². The van der Waals surface area contributed by atoms with E-state index in [2.05, 4.69) is 38.4 Å². The third-order valence-electron chi connectivity index (χ3n) is 5.38. The van der Waals surface area contributed by atoms with Crippen molar-refractivity contribution in [3.63, 3.8) is 0 Å². The highest BCUT2D eigenvalue weighted by molar-refractivity contribution is 5.93. The fraction of sp³-hybridized carbons (Fsp3) is 0.304. The molecule has 0 aliphatic carbocycles. The van der Waals surface area contributed by atoms with Crippen molar-refractivity contribution in [1.29, 1.82) is 0 Å². The highest BCUT2D eigenvalue weighted by Crippen LogP contribution is 2.25. The average Bonchev–Trinajstić information content (AvgIpc) is 2.76. The van der Waals surface area contributed by atoms with Crippen LogP contribution in [0.15, 0.2) is 54.9 Å². The fourth-order valence-corrected chi connectivity index (χ4v) is 3.76. The zero-order valence-electron chi connectivity index (χ0n) is 16.8. The molecule has 1 amide bonds. The number of hydrogen-bond acceptors (Lipinski definition) is 5. The maximum Gasteiger partial charge on any atom is 0.229 e. The molecule has 6 nitrogen and oxygen atoms in total. The molecule has 0 radical (unpaired) electrons. The Kier molecular flexibility index (Phi) is 5.51. The van der Waals surface area contributed by atoms with Gasteiger partial charge in [0.2, 0.25) is 5.91 Å². The smallest absolute Gasteiger partial charge is 0.229 e. The van der Waals surface area contributed by atoms with Gasteiger partial charge in [-0.25, -0.2) is 0 Å². The molecular formula is C23H25N5O. The van der Waals surface area contributed by atoms with Crippen molar-refractivity contribution < 1.29 is 4.79 Å². The molecule has 29 heavy (non-hydrogen) atoms. The average molecular weight is 387 g/mol. The molecule has 1 N–H and O–H groups in total. The first-order valence-electron chi connectivity index (χ1n) is 9.97. The zero-order valence-corrected chi connectivity index (χ0v) is 16.8. The topological polar surface area (TPSA) is 71.0 Å². The maximum atomic E-state index is 12.8. The fourth-order valence-electron chi connectivity index (χ4n) is 3.76. The van der Waals surface area contributed by atoms with Crippen molar-refractivity contribution in [2.45, 2.75) is 26.7 Å². The summed E-state index contributed by atoms with van der Waals surface area (Å²) < 4.78 is 0. The highest BCUT2D eigenvalue weighted by atomic mass is 16.1. The Morgan fingerprint density at radius 3 is 2.62 bits per heavy atom. The van der Waals surface area contributed by atoms with E-state index in [-0.39, 0.29) is 11.8 Å². The van der Waals surface area contributed by atoms with Crippen LogP contribution in [0.1, 0.15) is 24.0 Å². The number of carbonyl (C=O) groups excluding carboxylic acids is 1. The molecule has 0 bridgehead atoms. The summed E-state index contributed by atoms with van der Waals surface area (Å²) in [6, 6.07) is 13.9. The number of anilines is 2. The van der Waals surface area contributed by atoms with E-state index in [4.69, 9.17) is 0 Å². The first-order chi connectivity index (χ1) is 14.1. The second-order valence-electron chi connectivity index (χ2n) is 7.61. The van der Waals surface area contributed by atoms with E-state index in [1.807, 2.05) is 43.3 Å². The van der Waals surface area contributed by atoms with Crippen LogP contribution >= 0.6 is 0 Å². The highest BCUT2D eigenvalue weighted by Gasteiger charge is 2.27. The molecule has 148 valence electrons. The Morgan fingerprint density at radius 2 is 1.90 bits per heavy atom. The van der Waals surface area contributed by atoms with Gasteiger partial charge in [-0.2, -0.15) is 0 Å². The number of nitrogens with zero attached hydrogens (tertiary/aromatic N) is 4. The molecule has 4 rings (SSSR count). The SMILES string of the molecule is Cc1ccc(NC(=O)C2CCCN(c3ccc(-c4ccncc4)nn3)C2)c(C)c1. The number of amides is 1. The third kappa shape index (κ3) is 4.42. The van der Waals surface area contributed by atoms with Crippen molar-refractivity contribution in [3.05, 3.63) is 66.0 Å². The summed E-state index contributed by atoms with van der Waals surface area (Å²) in [4.78, 5) is 19.0. The summed E-state index contributed by atoms with van der Waals surface area (Å²) in [7, 11) is 0. The first kappa shape index (κ1) is 19.1. The van der Waals surface area contributed by atoms with E-state index in [9.17, 15) is 4.79 Å². The van der Waals surface area contributed by atoms with Gasteiger partial charge in [-0.1, -0.05) is 17.7 Å². The molecule has 1 aliphatic rings. The second-order valence-corrected chi connectivity index (χ2v) is 7.61. The number of benzene rings is 1. The lowest BCUT2D eigenvalue weighted by atomic mass is 9.96. The summed E-state index contributed by atoms with van der Waals surface area (Å²) in [5.74, 6) is 0.820. The van der Waals surface area contributed by atoms with Crippen LogP contribution in [0.25, 0.3) is 11.3 Å². The van der Waals surface area contributed by atoms with E-state index in [0.29, 0.717) is 6.54 Å². The normalized spacial score (nSPS) is 16.5. The lowest BCUT2D eigenvalue weighted by Gasteiger charge is -2.32. The maximum absolute atomic E-state index is 12.8. The zero-order chi connectivity index (χ0) is 20.2. The summed E-state index contributed by atoms with van der Waals surface area (Å²) >= 11 is 0. The lowest BCUT2D eigenvalue weighted by Crippen LogP contribution is -2.41. The summed E-state index contributed by atoms with van der Waals surface area (Å²) in [5.41, 5.74) is 4.97. The van der Waals surface area contributed by atoms with E-state index in [1.54, 1.807) is 12.4 Å². The standard InChI is InChI=1S/C23H25N5O/c1-16-5-6-20(17(2)14-16)25-23(29)19-4-3-13-28(15-19)22-8-7-21(26-27-22)18-9-11-24-12-10-18/h5-12,14,19H,3-4,13,15H2,1-2H3,(H,25,29). The van der Waals surface area contributed by atoms with Gasteiger partial charge < -0.3 is 10.2 Å². The largest absolute Gasteiger partial charge is 0.354 e. The second kappa shape index (κ2) is 8.39. The molecule has 1 atom stereocenters. The predicted molar refractivity (Wildman–Crippen MR) is 115 cm³/mol. The molecule has 2 aromatic heterocycles. The Morgan fingerprint density at radius 1 is 1.07 bits per heavy atom. The van der Waals surface area contributed by atoms with Crippen molar-refractivity contribution in [2.24, 2.45) is 5.92 Å². The number of hydrogen-bond donors (Lipinski definition) is 1. The molecule has 3 aromatic rings. The van der Waals surface area contributed by atoms with Gasteiger partial charge in [-0.3, -0.25) is 9.78 Å². The molecule has 1 unspecified atom stereocenters. The Balaban J connectivity index is 1.43. The summed E-state index contributed by atoms with van der Waals surface area (Å²) in [5, 5.41) is 11.9. The monoisotopic (exact) mass is 387 g/mol. The molecule has 3 heterocycles. The van der Waals surface area contributed by atoms with Gasteiger partial charge in [0, 0.05) is 36.7 Å². The Bertz CT molecular complexity index is 988. The molecule has 1 aromatic carbocycles. The number of piperidine rings is 1. The van der Waals surface area contributed by atoms with E-state index < -0.39 is 0 Å². The van der Waals surface area contributed by atoms with Crippen LogP contribution in [0, 0.1) is 19.8 Å². The predicted octanol–water partition coefficient (Wildman–Crippen LogP) is 4.01. The number of aromatic nitrogens is 3. The molecular weight excluding hydrogens is 362 g/mol. The third-order valence-corrected chi connectivity index (χ3v) is 5.38. The van der Waals surface area contributed by atoms with Crippen molar-refractivity contribution in [3.8, 4) is 11.3 Å². The van der Waals surface area contributed by atoms with Crippen molar-refractivity contribution >= 4 is 17.4 Å². The van der Waals surface area contributed by atoms with Gasteiger partial charge >= 0.3 is 0 Å². The molecule has 0 spiro atoms. The molecule has 1 aliphatic heterocycles. The quantitative estimate of drug-likeness (QED) is 0.732. The number of pyridine rings is 1. The van der Waals surface area contributed by atoms with Crippen molar-refractivity contribution in [1.82, 2.24) is 15.2 Å². The number of aryl methyl sites for hydroxylation is 2. The van der Waals surface area contributed by atoms with E-state index in [1.165, 1.54) is 5.56 Å². The van der Waals surface area contributed by atoms with Gasteiger partial charge in [0.1, 0.15) is 0 Å². The lowest BCUT2D eigenvalue weighted by molar-refractivity contribution is -0.120. The van der Waals surface area contributed by atoms with Crippen LogP contribution in [-0.2, 0) is 4.79 Å². The van der Waals surface area contributed by atoms with Gasteiger partial charge in [0.05, 0.1) is 11.6 Å². The van der Waals surface area contributed by atoms with Crippen LogP contribution in [0.3, 0.4) is 0 Å². The van der Waals surface area contributed by atoms with Gasteiger partial charge in [-0.05, 0) is 62.6 Å². The van der Waals surface area contributed by atoms with Gasteiger partial charge in [0.25, 0.3) is 0 Å². The van der Waals surface area contributed by atoms with E-state index in [0.717, 1.165) is 47.7 Å². The summed E-state index contributed by atoms with van der Waals surface area (Å²) in [6.07, 6.45) is 5.33. The number of rotatable bonds is 4. The number of nitrogens with one attached hydrogen (secondary N) is 1.